The molecule has 0 atom stereocenters. The second-order valence-corrected chi connectivity index (χ2v) is 3.70. The fourth-order valence-corrected chi connectivity index (χ4v) is 1.28. The lowest BCUT2D eigenvalue weighted by molar-refractivity contribution is 0.0953. The first-order chi connectivity index (χ1) is 6.65. The minimum Gasteiger partial charge on any atom is -0.352 e. The molecule has 0 aliphatic rings. The van der Waals surface area contributed by atoms with Gasteiger partial charge in [-0.3, -0.25) is 4.79 Å². The molecule has 1 rings (SSSR count). The first kappa shape index (κ1) is 11.3. The second-order valence-electron chi connectivity index (χ2n) is 2.88. The monoisotopic (exact) mass is 231 g/mol. The van der Waals surface area contributed by atoms with E-state index in [1.165, 1.54) is 0 Å². The summed E-state index contributed by atoms with van der Waals surface area (Å²) < 4.78 is 0. The highest BCUT2D eigenvalue weighted by molar-refractivity contribution is 6.42. The van der Waals surface area contributed by atoms with E-state index in [1.54, 1.807) is 18.2 Å². The molecule has 0 radical (unpaired) electrons. The van der Waals surface area contributed by atoms with Gasteiger partial charge in [-0.25, -0.2) is 0 Å². The maximum atomic E-state index is 11.5. The molecule has 0 unspecified atom stereocenters. The number of benzene rings is 1. The van der Waals surface area contributed by atoms with Crippen LogP contribution in [0.25, 0.3) is 0 Å². The molecule has 0 fully saturated rings. The summed E-state index contributed by atoms with van der Waals surface area (Å²) in [7, 11) is 0. The number of hydrogen-bond donors (Lipinski definition) is 1. The summed E-state index contributed by atoms with van der Waals surface area (Å²) in [5, 5.41) is 3.61. The van der Waals surface area contributed by atoms with Crippen LogP contribution in [-0.2, 0) is 0 Å². The van der Waals surface area contributed by atoms with E-state index in [2.05, 4.69) is 5.32 Å². The summed E-state index contributed by atoms with van der Waals surface area (Å²) in [6.45, 7) is 2.66. The Hall–Kier alpha value is -0.730. The third-order valence-corrected chi connectivity index (χ3v) is 2.46. The van der Waals surface area contributed by atoms with Crippen molar-refractivity contribution < 1.29 is 4.79 Å². The highest BCUT2D eigenvalue weighted by Crippen LogP contribution is 2.22. The molecule has 1 aromatic carbocycles. The van der Waals surface area contributed by atoms with E-state index in [4.69, 9.17) is 23.2 Å². The van der Waals surface area contributed by atoms with E-state index < -0.39 is 0 Å². The highest BCUT2D eigenvalue weighted by Gasteiger charge is 2.06. The van der Waals surface area contributed by atoms with Crippen LogP contribution in [0.2, 0.25) is 10.0 Å². The lowest BCUT2D eigenvalue weighted by Crippen LogP contribution is -2.23. The molecule has 1 N–H and O–H groups in total. The molecule has 0 spiro atoms. The fourth-order valence-electron chi connectivity index (χ4n) is 0.978. The molecule has 76 valence electrons. The first-order valence-electron chi connectivity index (χ1n) is 4.38. The van der Waals surface area contributed by atoms with Crippen LogP contribution in [0.5, 0.6) is 0 Å². The molecule has 0 aliphatic carbocycles. The van der Waals surface area contributed by atoms with Crippen LogP contribution in [0.15, 0.2) is 18.2 Å². The summed E-state index contributed by atoms with van der Waals surface area (Å²) in [6, 6.07) is 4.83. The van der Waals surface area contributed by atoms with Gasteiger partial charge in [0, 0.05) is 12.1 Å². The van der Waals surface area contributed by atoms with Crippen molar-refractivity contribution in [3.05, 3.63) is 33.8 Å². The van der Waals surface area contributed by atoms with Gasteiger partial charge in [0.15, 0.2) is 0 Å². The van der Waals surface area contributed by atoms with Crippen molar-refractivity contribution in [2.45, 2.75) is 13.3 Å². The normalized spacial score (nSPS) is 9.93. The predicted molar refractivity (Wildman–Crippen MR) is 59.1 cm³/mol. The van der Waals surface area contributed by atoms with E-state index >= 15 is 0 Å². The van der Waals surface area contributed by atoms with Gasteiger partial charge in [0.1, 0.15) is 0 Å². The summed E-state index contributed by atoms with van der Waals surface area (Å²) in [5.74, 6) is -0.120. The quantitative estimate of drug-likeness (QED) is 0.852. The molecule has 0 heterocycles. The molecular formula is C10H11Cl2NO. The molecule has 0 saturated carbocycles. The summed E-state index contributed by atoms with van der Waals surface area (Å²) in [6.07, 6.45) is 0.910. The number of rotatable bonds is 3. The number of halogens is 2. The molecule has 0 saturated heterocycles. The lowest BCUT2D eigenvalue weighted by atomic mass is 10.2. The van der Waals surface area contributed by atoms with Gasteiger partial charge in [-0.2, -0.15) is 0 Å². The van der Waals surface area contributed by atoms with Crippen LogP contribution >= 0.6 is 23.2 Å². The van der Waals surface area contributed by atoms with E-state index in [-0.39, 0.29) is 5.91 Å². The van der Waals surface area contributed by atoms with Gasteiger partial charge >= 0.3 is 0 Å². The molecule has 14 heavy (non-hydrogen) atoms. The maximum Gasteiger partial charge on any atom is 0.251 e. The van der Waals surface area contributed by atoms with E-state index in [0.717, 1.165) is 6.42 Å². The zero-order valence-corrected chi connectivity index (χ0v) is 9.32. The maximum absolute atomic E-state index is 11.5. The number of amides is 1. The summed E-state index contributed by atoms with van der Waals surface area (Å²) in [4.78, 5) is 11.5. The Kier molecular flexibility index (Phi) is 4.23. The van der Waals surface area contributed by atoms with E-state index in [1.807, 2.05) is 6.92 Å². The number of carbonyl (C=O) groups is 1. The zero-order valence-electron chi connectivity index (χ0n) is 7.81. The van der Waals surface area contributed by atoms with Crippen LogP contribution in [0.3, 0.4) is 0 Å². The Morgan fingerprint density at radius 3 is 2.64 bits per heavy atom. The van der Waals surface area contributed by atoms with Crippen LogP contribution in [0.4, 0.5) is 0 Å². The Morgan fingerprint density at radius 1 is 1.36 bits per heavy atom. The van der Waals surface area contributed by atoms with Gasteiger partial charge in [0.2, 0.25) is 0 Å². The molecule has 0 aliphatic heterocycles. The van der Waals surface area contributed by atoms with Crippen molar-refractivity contribution in [1.29, 1.82) is 0 Å². The predicted octanol–water partition coefficient (Wildman–Crippen LogP) is 3.13. The smallest absolute Gasteiger partial charge is 0.251 e. The third-order valence-electron chi connectivity index (χ3n) is 1.72. The van der Waals surface area contributed by atoms with Crippen molar-refractivity contribution in [1.82, 2.24) is 5.32 Å². The average molecular weight is 232 g/mol. The van der Waals surface area contributed by atoms with Gasteiger partial charge < -0.3 is 5.32 Å². The molecule has 1 aromatic rings. The van der Waals surface area contributed by atoms with Crippen molar-refractivity contribution in [2.75, 3.05) is 6.54 Å². The Balaban J connectivity index is 2.76. The number of nitrogens with one attached hydrogen (secondary N) is 1. The van der Waals surface area contributed by atoms with Gasteiger partial charge in [-0.15, -0.1) is 0 Å². The van der Waals surface area contributed by atoms with Gasteiger partial charge in [0.05, 0.1) is 10.0 Å². The van der Waals surface area contributed by atoms with E-state index in [9.17, 15) is 4.79 Å². The van der Waals surface area contributed by atoms with Crippen LogP contribution in [-0.4, -0.2) is 12.5 Å². The van der Waals surface area contributed by atoms with Crippen molar-refractivity contribution in [2.24, 2.45) is 0 Å². The van der Waals surface area contributed by atoms with Gasteiger partial charge in [0.25, 0.3) is 5.91 Å². The third kappa shape index (κ3) is 2.89. The Labute approximate surface area is 93.2 Å². The van der Waals surface area contributed by atoms with E-state index in [0.29, 0.717) is 22.2 Å². The number of carbonyl (C=O) groups excluding carboxylic acids is 1. The Bertz CT molecular complexity index is 339. The van der Waals surface area contributed by atoms with Crippen molar-refractivity contribution >= 4 is 29.1 Å². The second kappa shape index (κ2) is 5.23. The summed E-state index contributed by atoms with van der Waals surface area (Å²) in [5.41, 5.74) is 0.535. The minimum absolute atomic E-state index is 0.120. The van der Waals surface area contributed by atoms with Crippen LogP contribution in [0, 0.1) is 0 Å². The molecule has 2 nitrogen and oxygen atoms in total. The average Bonchev–Trinajstić information content (AvgIpc) is 2.18. The van der Waals surface area contributed by atoms with Gasteiger partial charge in [-0.1, -0.05) is 30.1 Å². The van der Waals surface area contributed by atoms with Crippen molar-refractivity contribution in [3.63, 3.8) is 0 Å². The molecule has 1 amide bonds. The Morgan fingerprint density at radius 2 is 2.07 bits per heavy atom. The van der Waals surface area contributed by atoms with Gasteiger partial charge in [-0.05, 0) is 24.6 Å². The fraction of sp³-hybridized carbons (Fsp3) is 0.300. The minimum atomic E-state index is -0.120. The SMILES string of the molecule is CCCNC(=O)c1ccc(Cl)c(Cl)c1. The first-order valence-corrected chi connectivity index (χ1v) is 5.14. The highest BCUT2D eigenvalue weighted by atomic mass is 35.5. The lowest BCUT2D eigenvalue weighted by Gasteiger charge is -2.04. The molecule has 0 aromatic heterocycles. The summed E-state index contributed by atoms with van der Waals surface area (Å²) >= 11 is 11.5. The zero-order chi connectivity index (χ0) is 10.6. The number of hydrogen-bond acceptors (Lipinski definition) is 1. The van der Waals surface area contributed by atoms with Crippen LogP contribution in [0.1, 0.15) is 23.7 Å². The molecule has 4 heteroatoms. The topological polar surface area (TPSA) is 29.1 Å². The van der Waals surface area contributed by atoms with Crippen molar-refractivity contribution in [3.8, 4) is 0 Å². The molecular weight excluding hydrogens is 221 g/mol. The molecule has 0 bridgehead atoms. The standard InChI is InChI=1S/C10H11Cl2NO/c1-2-5-13-10(14)7-3-4-8(11)9(12)6-7/h3-4,6H,2,5H2,1H3,(H,13,14). The van der Waals surface area contributed by atoms with Crippen LogP contribution < -0.4 is 5.32 Å². The largest absolute Gasteiger partial charge is 0.352 e.